The minimum Gasteiger partial charge on any atom is -0.395 e. The maximum Gasteiger partial charge on any atom is 0.243 e. The second-order valence-corrected chi connectivity index (χ2v) is 5.70. The van der Waals surface area contributed by atoms with Gasteiger partial charge < -0.3 is 10.2 Å². The average Bonchev–Trinajstić information content (AvgIpc) is 2.32. The molecule has 1 rings (SSSR count). The summed E-state index contributed by atoms with van der Waals surface area (Å²) in [5.74, 6) is -0.482. The molecular weight excluding hydrogens is 261 g/mol. The number of aliphatic hydroxyl groups excluding tert-OH is 2. The van der Waals surface area contributed by atoms with Crippen molar-refractivity contribution in [2.24, 2.45) is 0 Å². The van der Waals surface area contributed by atoms with Gasteiger partial charge in [-0.25, -0.2) is 12.8 Å². The van der Waals surface area contributed by atoms with E-state index in [1.807, 2.05) is 0 Å². The molecule has 0 aliphatic carbocycles. The molecular formula is C11H16FNO4S. The highest BCUT2D eigenvalue weighted by atomic mass is 32.2. The SMILES string of the molecule is Cc1cc(S(=O)(=O)N(CCO)CCO)ccc1F. The Morgan fingerprint density at radius 2 is 1.78 bits per heavy atom. The fraction of sp³-hybridized carbons (Fsp3) is 0.455. The standard InChI is InChI=1S/C11H16FNO4S/c1-9-8-10(2-3-11(9)12)18(16,17)13(4-6-14)5-7-15/h2-3,8,14-15H,4-7H2,1H3. The first kappa shape index (κ1) is 15.0. The first-order valence-corrected chi connectivity index (χ1v) is 6.85. The molecule has 0 fully saturated rings. The number of aryl methyl sites for hydroxylation is 1. The van der Waals surface area contributed by atoms with Crippen LogP contribution in [0.25, 0.3) is 0 Å². The van der Waals surface area contributed by atoms with E-state index in [1.54, 1.807) is 0 Å². The van der Waals surface area contributed by atoms with Gasteiger partial charge in [0.15, 0.2) is 0 Å². The zero-order valence-electron chi connectivity index (χ0n) is 10.0. The van der Waals surface area contributed by atoms with E-state index in [-0.39, 0.29) is 36.8 Å². The van der Waals surface area contributed by atoms with Crippen LogP contribution >= 0.6 is 0 Å². The molecule has 0 spiro atoms. The smallest absolute Gasteiger partial charge is 0.243 e. The van der Waals surface area contributed by atoms with Crippen LogP contribution in [0.2, 0.25) is 0 Å². The zero-order chi connectivity index (χ0) is 13.8. The molecule has 2 N–H and O–H groups in total. The summed E-state index contributed by atoms with van der Waals surface area (Å²) in [6.07, 6.45) is 0. The predicted molar refractivity (Wildman–Crippen MR) is 64.1 cm³/mol. The first-order chi connectivity index (χ1) is 8.43. The van der Waals surface area contributed by atoms with Gasteiger partial charge in [0, 0.05) is 13.1 Å². The van der Waals surface area contributed by atoms with Crippen molar-refractivity contribution in [3.63, 3.8) is 0 Å². The summed E-state index contributed by atoms with van der Waals surface area (Å²) in [5.41, 5.74) is 0.226. The van der Waals surface area contributed by atoms with Gasteiger partial charge in [0.1, 0.15) is 5.82 Å². The van der Waals surface area contributed by atoms with Crippen LogP contribution in [-0.2, 0) is 10.0 Å². The molecule has 0 aliphatic rings. The Hall–Kier alpha value is -1.02. The first-order valence-electron chi connectivity index (χ1n) is 5.41. The molecule has 7 heteroatoms. The fourth-order valence-corrected chi connectivity index (χ4v) is 3.01. The van der Waals surface area contributed by atoms with Gasteiger partial charge in [-0.3, -0.25) is 0 Å². The van der Waals surface area contributed by atoms with E-state index < -0.39 is 15.8 Å². The maximum absolute atomic E-state index is 13.1. The Bertz CT molecular complexity index is 498. The number of sulfonamides is 1. The maximum atomic E-state index is 13.1. The Morgan fingerprint density at radius 3 is 2.22 bits per heavy atom. The summed E-state index contributed by atoms with van der Waals surface area (Å²) in [4.78, 5) is -0.0525. The third-order valence-corrected chi connectivity index (χ3v) is 4.36. The molecule has 102 valence electrons. The van der Waals surface area contributed by atoms with Gasteiger partial charge in [0.2, 0.25) is 10.0 Å². The van der Waals surface area contributed by atoms with E-state index in [0.717, 1.165) is 10.4 Å². The highest BCUT2D eigenvalue weighted by molar-refractivity contribution is 7.89. The minimum atomic E-state index is -3.82. The van der Waals surface area contributed by atoms with Crippen molar-refractivity contribution in [1.82, 2.24) is 4.31 Å². The Morgan fingerprint density at radius 1 is 1.22 bits per heavy atom. The Kier molecular flexibility index (Phi) is 5.21. The normalized spacial score (nSPS) is 12.1. The highest BCUT2D eigenvalue weighted by Crippen LogP contribution is 2.18. The molecule has 0 bridgehead atoms. The average molecular weight is 277 g/mol. The van der Waals surface area contributed by atoms with Gasteiger partial charge in [-0.2, -0.15) is 4.31 Å². The Balaban J connectivity index is 3.13. The van der Waals surface area contributed by atoms with Crippen molar-refractivity contribution in [3.05, 3.63) is 29.6 Å². The van der Waals surface area contributed by atoms with Crippen molar-refractivity contribution in [2.45, 2.75) is 11.8 Å². The van der Waals surface area contributed by atoms with Crippen LogP contribution in [0.3, 0.4) is 0 Å². The van der Waals surface area contributed by atoms with Crippen molar-refractivity contribution in [1.29, 1.82) is 0 Å². The number of hydrogen-bond acceptors (Lipinski definition) is 4. The number of rotatable bonds is 6. The van der Waals surface area contributed by atoms with Crippen molar-refractivity contribution in [3.8, 4) is 0 Å². The summed E-state index contributed by atoms with van der Waals surface area (Å²) in [6, 6.07) is 3.48. The quantitative estimate of drug-likeness (QED) is 0.773. The van der Waals surface area contributed by atoms with Crippen LogP contribution < -0.4 is 0 Å². The van der Waals surface area contributed by atoms with Crippen molar-refractivity contribution in [2.75, 3.05) is 26.3 Å². The van der Waals surface area contributed by atoms with Crippen LogP contribution in [0.1, 0.15) is 5.56 Å². The lowest BCUT2D eigenvalue weighted by Crippen LogP contribution is -2.35. The molecule has 18 heavy (non-hydrogen) atoms. The molecule has 0 radical (unpaired) electrons. The molecule has 1 aromatic rings. The molecule has 0 saturated heterocycles. The molecule has 0 aromatic heterocycles. The largest absolute Gasteiger partial charge is 0.395 e. The lowest BCUT2D eigenvalue weighted by Gasteiger charge is -2.20. The molecule has 0 unspecified atom stereocenters. The van der Waals surface area contributed by atoms with Gasteiger partial charge in [0.25, 0.3) is 0 Å². The number of aliphatic hydroxyl groups is 2. The molecule has 5 nitrogen and oxygen atoms in total. The highest BCUT2D eigenvalue weighted by Gasteiger charge is 2.23. The van der Waals surface area contributed by atoms with Gasteiger partial charge in [-0.1, -0.05) is 0 Å². The molecule has 0 saturated carbocycles. The second-order valence-electron chi connectivity index (χ2n) is 3.76. The van der Waals surface area contributed by atoms with E-state index in [0.29, 0.717) is 0 Å². The summed E-state index contributed by atoms with van der Waals surface area (Å²) < 4.78 is 38.4. The van der Waals surface area contributed by atoms with Gasteiger partial charge in [0.05, 0.1) is 18.1 Å². The third kappa shape index (κ3) is 3.26. The van der Waals surface area contributed by atoms with Gasteiger partial charge in [-0.05, 0) is 30.7 Å². The summed E-state index contributed by atoms with van der Waals surface area (Å²) >= 11 is 0. The summed E-state index contributed by atoms with van der Waals surface area (Å²) in [5, 5.41) is 17.6. The van der Waals surface area contributed by atoms with Crippen LogP contribution in [0.5, 0.6) is 0 Å². The zero-order valence-corrected chi connectivity index (χ0v) is 10.8. The van der Waals surface area contributed by atoms with E-state index in [9.17, 15) is 12.8 Å². The second kappa shape index (κ2) is 6.24. The Labute approximate surface area is 106 Å². The third-order valence-electron chi connectivity index (χ3n) is 2.47. The number of benzene rings is 1. The van der Waals surface area contributed by atoms with Crippen molar-refractivity contribution < 1.29 is 23.0 Å². The van der Waals surface area contributed by atoms with Gasteiger partial charge in [-0.15, -0.1) is 0 Å². The van der Waals surface area contributed by atoms with Crippen molar-refractivity contribution >= 4 is 10.0 Å². The topological polar surface area (TPSA) is 77.8 Å². The van der Waals surface area contributed by atoms with Crippen LogP contribution in [0, 0.1) is 12.7 Å². The molecule has 0 aliphatic heterocycles. The van der Waals surface area contributed by atoms with E-state index >= 15 is 0 Å². The summed E-state index contributed by atoms with van der Waals surface area (Å²) in [7, 11) is -3.82. The minimum absolute atomic E-state index is 0.0525. The van der Waals surface area contributed by atoms with Crippen LogP contribution in [0.15, 0.2) is 23.1 Å². The van der Waals surface area contributed by atoms with E-state index in [4.69, 9.17) is 10.2 Å². The molecule has 0 amide bonds. The summed E-state index contributed by atoms with van der Waals surface area (Å²) in [6.45, 7) is 0.550. The van der Waals surface area contributed by atoms with E-state index in [2.05, 4.69) is 0 Å². The molecule has 0 atom stereocenters. The number of halogens is 1. The van der Waals surface area contributed by atoms with Crippen LogP contribution in [0.4, 0.5) is 4.39 Å². The number of nitrogens with zero attached hydrogens (tertiary/aromatic N) is 1. The predicted octanol–water partition coefficient (Wildman–Crippen LogP) is 0.109. The fourth-order valence-electron chi connectivity index (χ4n) is 1.50. The van der Waals surface area contributed by atoms with E-state index in [1.165, 1.54) is 19.1 Å². The molecule has 0 heterocycles. The lowest BCUT2D eigenvalue weighted by atomic mass is 10.2. The van der Waals surface area contributed by atoms with Crippen LogP contribution in [-0.4, -0.2) is 49.2 Å². The lowest BCUT2D eigenvalue weighted by molar-refractivity contribution is 0.217. The molecule has 1 aromatic carbocycles. The monoisotopic (exact) mass is 277 g/mol. The number of hydrogen-bond donors (Lipinski definition) is 2. The van der Waals surface area contributed by atoms with Gasteiger partial charge >= 0.3 is 0 Å².